The monoisotopic (exact) mass is 360 g/mol. The molecule has 0 aromatic carbocycles. The molecule has 1 aromatic heterocycles. The molecule has 1 aromatic rings. The second-order valence-corrected chi connectivity index (χ2v) is 6.96. The molecule has 3 aliphatic rings. The second-order valence-electron chi connectivity index (χ2n) is 6.96. The number of anilines is 1. The summed E-state index contributed by atoms with van der Waals surface area (Å²) in [6, 6.07) is 1.90. The number of likely N-dealkylation sites (tertiary alicyclic amines) is 1. The van der Waals surface area contributed by atoms with Gasteiger partial charge in [-0.15, -0.1) is 0 Å². The minimum Gasteiger partial charge on any atom is -0.367 e. The van der Waals surface area contributed by atoms with Gasteiger partial charge in [-0.3, -0.25) is 14.6 Å². The highest BCUT2D eigenvalue weighted by molar-refractivity contribution is 5.94. The van der Waals surface area contributed by atoms with Crippen LogP contribution in [0.25, 0.3) is 0 Å². The number of piperidine rings is 1. The molecule has 0 N–H and O–H groups in total. The Morgan fingerprint density at radius 3 is 2.38 bits per heavy atom. The smallest absolute Gasteiger partial charge is 0.255 e. The third-order valence-corrected chi connectivity index (χ3v) is 5.43. The lowest BCUT2D eigenvalue weighted by Gasteiger charge is -2.37. The molecule has 8 nitrogen and oxygen atoms in total. The number of nitrogens with zero attached hydrogens (tertiary/aromatic N) is 4. The van der Waals surface area contributed by atoms with E-state index in [9.17, 15) is 9.59 Å². The number of carbonyl (C=O) groups is 2. The molecule has 1 spiro atoms. The fourth-order valence-electron chi connectivity index (χ4n) is 3.82. The molecule has 0 atom stereocenters. The van der Waals surface area contributed by atoms with Gasteiger partial charge in [-0.05, 0) is 6.07 Å². The topological polar surface area (TPSA) is 75.2 Å². The van der Waals surface area contributed by atoms with Gasteiger partial charge >= 0.3 is 0 Å². The van der Waals surface area contributed by atoms with Crippen molar-refractivity contribution in [1.29, 1.82) is 0 Å². The highest BCUT2D eigenvalue weighted by atomic mass is 16.7. The fraction of sp³-hybridized carbons (Fsp3) is 0.611. The highest BCUT2D eigenvalue weighted by Crippen LogP contribution is 2.31. The van der Waals surface area contributed by atoms with Crippen molar-refractivity contribution in [2.75, 3.05) is 57.4 Å². The molecule has 3 aliphatic heterocycles. The summed E-state index contributed by atoms with van der Waals surface area (Å²) in [6.07, 6.45) is 5.70. The summed E-state index contributed by atoms with van der Waals surface area (Å²) in [6.45, 7) is 5.40. The molecule has 4 heterocycles. The summed E-state index contributed by atoms with van der Waals surface area (Å²) in [5.74, 6) is -0.478. The van der Waals surface area contributed by atoms with Gasteiger partial charge in [0.1, 0.15) is 0 Å². The lowest BCUT2D eigenvalue weighted by molar-refractivity contribution is -0.181. The molecule has 0 bridgehead atoms. The van der Waals surface area contributed by atoms with Gasteiger partial charge in [-0.25, -0.2) is 0 Å². The van der Waals surface area contributed by atoms with Crippen LogP contribution in [0.2, 0.25) is 0 Å². The van der Waals surface area contributed by atoms with Crippen LogP contribution in [0.1, 0.15) is 23.2 Å². The van der Waals surface area contributed by atoms with Crippen molar-refractivity contribution in [1.82, 2.24) is 14.8 Å². The van der Waals surface area contributed by atoms with E-state index in [4.69, 9.17) is 9.47 Å². The van der Waals surface area contributed by atoms with Gasteiger partial charge in [0.05, 0.1) is 30.7 Å². The van der Waals surface area contributed by atoms with Gasteiger partial charge < -0.3 is 24.2 Å². The van der Waals surface area contributed by atoms with Crippen molar-refractivity contribution in [2.24, 2.45) is 0 Å². The predicted octanol–water partition coefficient (Wildman–Crippen LogP) is 0.339. The van der Waals surface area contributed by atoms with Crippen molar-refractivity contribution in [3.8, 4) is 0 Å². The van der Waals surface area contributed by atoms with Crippen LogP contribution in [0.4, 0.5) is 5.69 Å². The Morgan fingerprint density at radius 1 is 1.04 bits per heavy atom. The maximum Gasteiger partial charge on any atom is 0.255 e. The normalized spacial score (nSPS) is 22.7. The molecule has 0 aliphatic carbocycles. The van der Waals surface area contributed by atoms with E-state index >= 15 is 0 Å². The quantitative estimate of drug-likeness (QED) is 0.724. The molecular weight excluding hydrogens is 336 g/mol. The van der Waals surface area contributed by atoms with E-state index in [1.165, 1.54) is 0 Å². The van der Waals surface area contributed by atoms with Crippen LogP contribution < -0.4 is 4.90 Å². The van der Waals surface area contributed by atoms with E-state index in [0.717, 1.165) is 25.2 Å². The van der Waals surface area contributed by atoms with Crippen molar-refractivity contribution in [2.45, 2.75) is 18.6 Å². The Morgan fingerprint density at radius 2 is 1.73 bits per heavy atom. The molecule has 0 radical (unpaired) electrons. The number of aromatic nitrogens is 1. The molecule has 0 saturated carbocycles. The molecule has 26 heavy (non-hydrogen) atoms. The van der Waals surface area contributed by atoms with Crippen LogP contribution in [-0.4, -0.2) is 85.4 Å². The van der Waals surface area contributed by atoms with E-state index in [1.807, 2.05) is 11.0 Å². The molecule has 3 saturated heterocycles. The molecule has 8 heteroatoms. The number of ether oxygens (including phenoxy) is 2. The molecule has 140 valence electrons. The van der Waals surface area contributed by atoms with Crippen LogP contribution in [-0.2, 0) is 14.3 Å². The first-order valence-corrected chi connectivity index (χ1v) is 9.16. The van der Waals surface area contributed by atoms with Gasteiger partial charge in [-0.1, -0.05) is 0 Å². The van der Waals surface area contributed by atoms with Gasteiger partial charge in [0.25, 0.3) is 5.91 Å². The van der Waals surface area contributed by atoms with Gasteiger partial charge in [0, 0.05) is 58.3 Å². The van der Waals surface area contributed by atoms with E-state index in [1.54, 1.807) is 17.3 Å². The first-order chi connectivity index (χ1) is 12.7. The fourth-order valence-corrected chi connectivity index (χ4v) is 3.82. The predicted molar refractivity (Wildman–Crippen MR) is 93.9 cm³/mol. The number of carbonyl (C=O) groups excluding carboxylic acids is 2. The Hall–Kier alpha value is -2.19. The van der Waals surface area contributed by atoms with Crippen LogP contribution in [0.5, 0.6) is 0 Å². The zero-order valence-electron chi connectivity index (χ0n) is 14.8. The third kappa shape index (κ3) is 3.39. The Balaban J connectivity index is 1.40. The van der Waals surface area contributed by atoms with E-state index in [2.05, 4.69) is 9.88 Å². The Kier molecular flexibility index (Phi) is 4.78. The van der Waals surface area contributed by atoms with Crippen LogP contribution in [0, 0.1) is 0 Å². The number of hydrogen-bond acceptors (Lipinski definition) is 6. The van der Waals surface area contributed by atoms with Crippen LogP contribution in [0.15, 0.2) is 18.5 Å². The van der Waals surface area contributed by atoms with E-state index in [0.29, 0.717) is 57.8 Å². The minimum absolute atomic E-state index is 0.00118. The SMILES string of the molecule is O=CN1CCN(c2cncc(C(=O)N3CCC4(CC3)OCCO4)c2)CC1. The van der Waals surface area contributed by atoms with Gasteiger partial charge in [-0.2, -0.15) is 0 Å². The number of rotatable bonds is 3. The first-order valence-electron chi connectivity index (χ1n) is 9.16. The Labute approximate surface area is 152 Å². The summed E-state index contributed by atoms with van der Waals surface area (Å²) >= 11 is 0. The summed E-state index contributed by atoms with van der Waals surface area (Å²) in [4.78, 5) is 33.7. The summed E-state index contributed by atoms with van der Waals surface area (Å²) in [5.41, 5.74) is 1.53. The number of piperazine rings is 1. The summed E-state index contributed by atoms with van der Waals surface area (Å²) < 4.78 is 11.4. The maximum absolute atomic E-state index is 12.9. The number of hydrogen-bond donors (Lipinski definition) is 0. The first kappa shape index (κ1) is 17.2. The van der Waals surface area contributed by atoms with Crippen LogP contribution in [0.3, 0.4) is 0 Å². The third-order valence-electron chi connectivity index (χ3n) is 5.43. The molecule has 4 rings (SSSR count). The van der Waals surface area contributed by atoms with E-state index in [-0.39, 0.29) is 5.91 Å². The molecule has 3 fully saturated rings. The minimum atomic E-state index is -0.477. The number of amides is 2. The average Bonchev–Trinajstić information content (AvgIpc) is 3.16. The average molecular weight is 360 g/mol. The molecule has 0 unspecified atom stereocenters. The van der Waals surface area contributed by atoms with E-state index < -0.39 is 5.79 Å². The lowest BCUT2D eigenvalue weighted by Crippen LogP contribution is -2.47. The summed E-state index contributed by atoms with van der Waals surface area (Å²) in [7, 11) is 0. The Bertz CT molecular complexity index is 659. The molecule has 2 amide bonds. The number of pyridine rings is 1. The van der Waals surface area contributed by atoms with Crippen molar-refractivity contribution >= 4 is 18.0 Å². The van der Waals surface area contributed by atoms with Crippen molar-refractivity contribution in [3.63, 3.8) is 0 Å². The zero-order valence-corrected chi connectivity index (χ0v) is 14.8. The molecular formula is C18H24N4O4. The van der Waals surface area contributed by atoms with Crippen molar-refractivity contribution < 1.29 is 19.1 Å². The lowest BCUT2D eigenvalue weighted by atomic mass is 10.0. The van der Waals surface area contributed by atoms with Gasteiger partial charge in [0.15, 0.2) is 5.79 Å². The summed E-state index contributed by atoms with van der Waals surface area (Å²) in [5, 5.41) is 0. The van der Waals surface area contributed by atoms with Crippen molar-refractivity contribution in [3.05, 3.63) is 24.0 Å². The zero-order chi connectivity index (χ0) is 18.0. The standard InChI is InChI=1S/C18H24N4O4/c23-14-20-5-7-21(8-6-20)16-11-15(12-19-13-16)17(24)22-3-1-18(2-4-22)25-9-10-26-18/h11-14H,1-10H2. The largest absolute Gasteiger partial charge is 0.367 e. The van der Waals surface area contributed by atoms with Gasteiger partial charge in [0.2, 0.25) is 6.41 Å². The maximum atomic E-state index is 12.9. The highest BCUT2D eigenvalue weighted by Gasteiger charge is 2.40. The van der Waals surface area contributed by atoms with Crippen LogP contribution >= 0.6 is 0 Å². The second kappa shape index (κ2) is 7.20.